The van der Waals surface area contributed by atoms with Crippen molar-refractivity contribution in [2.24, 2.45) is 23.2 Å². The number of likely N-dealkylation sites (tertiary alicyclic amines) is 1. The van der Waals surface area contributed by atoms with Crippen LogP contribution in [0.4, 0.5) is 8.78 Å². The number of hydrogen-bond donors (Lipinski definition) is 1. The quantitative estimate of drug-likeness (QED) is 0.622. The number of halogens is 2. The lowest BCUT2D eigenvalue weighted by atomic mass is 9.48. The molecule has 6 rings (SSSR count). The number of ether oxygens (including phenoxy) is 1. The van der Waals surface area contributed by atoms with Gasteiger partial charge < -0.3 is 10.1 Å². The number of carbonyl (C=O) groups is 2. The van der Waals surface area contributed by atoms with Crippen LogP contribution < -0.4 is 5.32 Å². The molecule has 4 bridgehead atoms. The average molecular weight is 482 g/mol. The fourth-order valence-corrected chi connectivity index (χ4v) is 7.53. The molecule has 1 aliphatic heterocycles. The SMILES string of the molecule is CC(C)(C(=O)NC1[C@@H]2CC3C[C@H]1CC(C(=O)OCc1cncs1)(C3)C2)N1CCCC(F)(F)C1. The Kier molecular flexibility index (Phi) is 5.79. The van der Waals surface area contributed by atoms with E-state index in [1.807, 2.05) is 0 Å². The number of thiazole rings is 1. The maximum atomic E-state index is 14.0. The molecule has 0 spiro atoms. The molecule has 6 nitrogen and oxygen atoms in total. The van der Waals surface area contributed by atoms with Crippen molar-refractivity contribution in [2.45, 2.75) is 82.9 Å². The smallest absolute Gasteiger partial charge is 0.312 e. The van der Waals surface area contributed by atoms with Gasteiger partial charge in [0, 0.05) is 18.7 Å². The van der Waals surface area contributed by atoms with Crippen molar-refractivity contribution in [3.8, 4) is 0 Å². The van der Waals surface area contributed by atoms with E-state index in [0.29, 0.717) is 18.9 Å². The van der Waals surface area contributed by atoms with Crippen LogP contribution in [0.5, 0.6) is 0 Å². The first-order chi connectivity index (χ1) is 15.6. The van der Waals surface area contributed by atoms with Crippen LogP contribution in [0, 0.1) is 23.2 Å². The van der Waals surface area contributed by atoms with Gasteiger partial charge >= 0.3 is 5.97 Å². The van der Waals surface area contributed by atoms with E-state index in [9.17, 15) is 18.4 Å². The zero-order chi connectivity index (χ0) is 23.4. The predicted molar refractivity (Wildman–Crippen MR) is 120 cm³/mol. The minimum Gasteiger partial charge on any atom is -0.459 e. The first-order valence-electron chi connectivity index (χ1n) is 12.1. The van der Waals surface area contributed by atoms with E-state index in [2.05, 4.69) is 10.3 Å². The van der Waals surface area contributed by atoms with Gasteiger partial charge in [0.15, 0.2) is 0 Å². The number of amides is 1. The Morgan fingerprint density at radius 1 is 1.27 bits per heavy atom. The van der Waals surface area contributed by atoms with Gasteiger partial charge in [0.2, 0.25) is 5.91 Å². The fraction of sp³-hybridized carbons (Fsp3) is 0.792. The highest BCUT2D eigenvalue weighted by Crippen LogP contribution is 2.60. The van der Waals surface area contributed by atoms with Crippen molar-refractivity contribution in [1.29, 1.82) is 0 Å². The predicted octanol–water partition coefficient (Wildman–Crippen LogP) is 4.01. The van der Waals surface area contributed by atoms with E-state index in [1.165, 1.54) is 11.3 Å². The molecule has 182 valence electrons. The van der Waals surface area contributed by atoms with Gasteiger partial charge in [0.25, 0.3) is 5.92 Å². The second kappa shape index (κ2) is 8.26. The summed E-state index contributed by atoms with van der Waals surface area (Å²) in [6, 6.07) is 0.000969. The van der Waals surface area contributed by atoms with Crippen LogP contribution in [0.25, 0.3) is 0 Å². The minimum absolute atomic E-state index is 0.000969. The summed E-state index contributed by atoms with van der Waals surface area (Å²) < 4.78 is 33.7. The first kappa shape index (κ1) is 23.1. The largest absolute Gasteiger partial charge is 0.459 e. The third-order valence-electron chi connectivity index (χ3n) is 8.57. The monoisotopic (exact) mass is 481 g/mol. The summed E-state index contributed by atoms with van der Waals surface area (Å²) in [7, 11) is 0. The molecule has 0 aromatic carbocycles. The number of nitrogens with zero attached hydrogens (tertiary/aromatic N) is 2. The molecule has 0 radical (unpaired) electrons. The molecule has 5 aliphatic rings. The van der Waals surface area contributed by atoms with Crippen molar-refractivity contribution in [1.82, 2.24) is 15.2 Å². The lowest BCUT2D eigenvalue weighted by Gasteiger charge is -2.59. The number of hydrogen-bond acceptors (Lipinski definition) is 6. The Bertz CT molecular complexity index is 891. The third kappa shape index (κ3) is 4.31. The Morgan fingerprint density at radius 2 is 2.00 bits per heavy atom. The number of nitrogens with one attached hydrogen (secondary N) is 1. The van der Waals surface area contributed by atoms with Gasteiger partial charge in [0.1, 0.15) is 6.61 Å². The van der Waals surface area contributed by atoms with E-state index in [0.717, 1.165) is 37.0 Å². The van der Waals surface area contributed by atoms with Crippen LogP contribution in [-0.2, 0) is 20.9 Å². The topological polar surface area (TPSA) is 71.5 Å². The van der Waals surface area contributed by atoms with Gasteiger partial charge in [-0.15, -0.1) is 11.3 Å². The average Bonchev–Trinajstić information content (AvgIpc) is 3.27. The van der Waals surface area contributed by atoms with Gasteiger partial charge in [0.05, 0.1) is 27.9 Å². The number of alkyl halides is 2. The van der Waals surface area contributed by atoms with Crippen LogP contribution in [0.1, 0.15) is 63.7 Å². The number of piperidine rings is 1. The van der Waals surface area contributed by atoms with Crippen molar-refractivity contribution in [3.63, 3.8) is 0 Å². The Balaban J connectivity index is 1.25. The summed E-state index contributed by atoms with van der Waals surface area (Å²) in [5.74, 6) is -2.09. The maximum absolute atomic E-state index is 14.0. The fourth-order valence-electron chi connectivity index (χ4n) is 7.03. The summed E-state index contributed by atoms with van der Waals surface area (Å²) in [5, 5.41) is 3.25. The van der Waals surface area contributed by atoms with Crippen LogP contribution >= 0.6 is 11.3 Å². The molecule has 3 unspecified atom stereocenters. The molecule has 5 atom stereocenters. The Labute approximate surface area is 197 Å². The van der Waals surface area contributed by atoms with Gasteiger partial charge in [-0.2, -0.15) is 0 Å². The highest BCUT2D eigenvalue weighted by Gasteiger charge is 2.60. The van der Waals surface area contributed by atoms with Crippen LogP contribution in [0.15, 0.2) is 11.7 Å². The van der Waals surface area contributed by atoms with Crippen molar-refractivity contribution in [3.05, 3.63) is 16.6 Å². The van der Waals surface area contributed by atoms with E-state index >= 15 is 0 Å². The van der Waals surface area contributed by atoms with E-state index in [1.54, 1.807) is 30.5 Å². The van der Waals surface area contributed by atoms with Gasteiger partial charge in [-0.05, 0) is 76.7 Å². The second-order valence-electron chi connectivity index (χ2n) is 11.2. The summed E-state index contributed by atoms with van der Waals surface area (Å²) in [5.41, 5.74) is 0.282. The van der Waals surface area contributed by atoms with Crippen LogP contribution in [0.2, 0.25) is 0 Å². The maximum Gasteiger partial charge on any atom is 0.312 e. The second-order valence-corrected chi connectivity index (χ2v) is 12.2. The van der Waals surface area contributed by atoms with Gasteiger partial charge in [-0.25, -0.2) is 8.78 Å². The molecular weight excluding hydrogens is 448 g/mol. The highest BCUT2D eigenvalue weighted by molar-refractivity contribution is 7.09. The molecule has 9 heteroatoms. The molecule has 1 N–H and O–H groups in total. The lowest BCUT2D eigenvalue weighted by Crippen LogP contribution is -2.65. The zero-order valence-corrected chi connectivity index (χ0v) is 20.1. The first-order valence-corrected chi connectivity index (χ1v) is 12.9. The number of carbonyl (C=O) groups excluding carboxylic acids is 2. The number of esters is 1. The standard InChI is InChI=1S/C24H33F2N3O3S/c1-22(2,29-5-3-4-24(25,26)13-29)20(30)28-19-16-6-15-7-17(19)10-23(8-15,9-16)21(31)32-12-18-11-27-14-33-18/h11,14-17,19H,3-10,12-13H2,1-2H3,(H,28,30)/t15?,16-,17+,19?,23?. The van der Waals surface area contributed by atoms with E-state index in [4.69, 9.17) is 4.74 Å². The van der Waals surface area contributed by atoms with Crippen molar-refractivity contribution in [2.75, 3.05) is 13.1 Å². The highest BCUT2D eigenvalue weighted by atomic mass is 32.1. The minimum atomic E-state index is -2.75. The van der Waals surface area contributed by atoms with Crippen molar-refractivity contribution < 1.29 is 23.1 Å². The summed E-state index contributed by atoms with van der Waals surface area (Å²) in [6.07, 6.45) is 6.35. The van der Waals surface area contributed by atoms with Crippen molar-refractivity contribution >= 4 is 23.2 Å². The van der Waals surface area contributed by atoms with Gasteiger partial charge in [-0.3, -0.25) is 19.5 Å². The van der Waals surface area contributed by atoms with Gasteiger partial charge in [-0.1, -0.05) is 0 Å². The molecule has 4 aliphatic carbocycles. The number of aromatic nitrogens is 1. The number of rotatable bonds is 6. The van der Waals surface area contributed by atoms with Crippen LogP contribution in [0.3, 0.4) is 0 Å². The Morgan fingerprint density at radius 3 is 2.64 bits per heavy atom. The normalized spacial score (nSPS) is 35.4. The molecule has 5 fully saturated rings. The molecule has 1 aromatic rings. The summed E-state index contributed by atoms with van der Waals surface area (Å²) in [4.78, 5) is 33.1. The lowest BCUT2D eigenvalue weighted by molar-refractivity contribution is -0.176. The molecule has 2 heterocycles. The third-order valence-corrected chi connectivity index (χ3v) is 9.33. The Hall–Kier alpha value is -1.61. The zero-order valence-electron chi connectivity index (χ0n) is 19.3. The van der Waals surface area contributed by atoms with E-state index in [-0.39, 0.29) is 49.3 Å². The summed E-state index contributed by atoms with van der Waals surface area (Å²) in [6.45, 7) is 3.89. The summed E-state index contributed by atoms with van der Waals surface area (Å²) >= 11 is 1.48. The molecule has 4 saturated carbocycles. The molecule has 33 heavy (non-hydrogen) atoms. The molecule has 1 saturated heterocycles. The molecular formula is C24H33F2N3O3S. The van der Waals surface area contributed by atoms with Crippen LogP contribution in [-0.4, -0.2) is 52.4 Å². The molecule has 1 amide bonds. The molecule has 1 aromatic heterocycles. The van der Waals surface area contributed by atoms with E-state index < -0.39 is 16.9 Å².